The van der Waals surface area contributed by atoms with E-state index < -0.39 is 0 Å². The standard InChI is InChI=1S/C59H38N4/c1-4-19-39(20-5-1)51-37-41-23-18-30-46(56(41)59-57(51)58(40-21-6-2-7-22-40)60-63(59)43-24-8-3-9-25-43)42-35-44(61-52-31-14-10-26-47(52)48-27-11-15-32-53(48)61)38-45(36-42)62-54-33-16-12-28-49(54)50-29-13-17-34-55(50)62/h1-38H. The second-order valence-corrected chi connectivity index (χ2v) is 16.4. The molecule has 0 radical (unpaired) electrons. The van der Waals surface area contributed by atoms with Crippen LogP contribution in [0.25, 0.3) is 116 Å². The van der Waals surface area contributed by atoms with Crippen molar-refractivity contribution in [2.45, 2.75) is 0 Å². The van der Waals surface area contributed by atoms with Crippen LogP contribution in [0.2, 0.25) is 0 Å². The van der Waals surface area contributed by atoms with Crippen LogP contribution in [0.5, 0.6) is 0 Å². The van der Waals surface area contributed by atoms with E-state index in [4.69, 9.17) is 5.10 Å². The van der Waals surface area contributed by atoms with Gasteiger partial charge in [-0.15, -0.1) is 0 Å². The van der Waals surface area contributed by atoms with Crippen LogP contribution in [-0.2, 0) is 0 Å². The molecule has 0 fully saturated rings. The molecule has 3 aromatic heterocycles. The van der Waals surface area contributed by atoms with Crippen LogP contribution in [0, 0.1) is 0 Å². The lowest BCUT2D eigenvalue weighted by molar-refractivity contribution is 0.918. The first-order valence-corrected chi connectivity index (χ1v) is 21.6. The highest BCUT2D eigenvalue weighted by atomic mass is 15.3. The van der Waals surface area contributed by atoms with Gasteiger partial charge in [0.1, 0.15) is 5.69 Å². The second-order valence-electron chi connectivity index (χ2n) is 16.4. The molecule has 13 aromatic rings. The van der Waals surface area contributed by atoms with Gasteiger partial charge in [-0.25, -0.2) is 4.68 Å². The van der Waals surface area contributed by atoms with Gasteiger partial charge in [-0.2, -0.15) is 5.10 Å². The average molecular weight is 803 g/mol. The minimum Gasteiger partial charge on any atom is -0.309 e. The summed E-state index contributed by atoms with van der Waals surface area (Å²) >= 11 is 0. The van der Waals surface area contributed by atoms with Crippen molar-refractivity contribution in [1.29, 1.82) is 0 Å². The van der Waals surface area contributed by atoms with Crippen LogP contribution in [-0.4, -0.2) is 18.9 Å². The van der Waals surface area contributed by atoms with Gasteiger partial charge in [-0.3, -0.25) is 0 Å². The summed E-state index contributed by atoms with van der Waals surface area (Å²) in [4.78, 5) is 0. The lowest BCUT2D eigenvalue weighted by Crippen LogP contribution is -2.01. The van der Waals surface area contributed by atoms with Crippen molar-refractivity contribution in [3.05, 3.63) is 231 Å². The SMILES string of the molecule is c1ccc(-c2cc3cccc(-c4cc(-n5c6ccccc6c6ccccc65)cc(-n5c6ccccc6c6ccccc65)c4)c3c3c2c(-c2ccccc2)nn3-c2ccccc2)cc1. The fourth-order valence-electron chi connectivity index (χ4n) is 10.1. The van der Waals surface area contributed by atoms with Crippen molar-refractivity contribution in [3.8, 4) is 50.6 Å². The Labute approximate surface area is 363 Å². The lowest BCUT2D eigenvalue weighted by atomic mass is 9.90. The first-order chi connectivity index (χ1) is 31.3. The molecule has 0 atom stereocenters. The Bertz CT molecular complexity index is 3650. The van der Waals surface area contributed by atoms with E-state index in [2.05, 4.69) is 244 Å². The zero-order valence-corrected chi connectivity index (χ0v) is 34.2. The predicted octanol–water partition coefficient (Wildman–Crippen LogP) is 15.4. The maximum atomic E-state index is 5.56. The summed E-state index contributed by atoms with van der Waals surface area (Å²) in [7, 11) is 0. The van der Waals surface area contributed by atoms with E-state index in [0.29, 0.717) is 0 Å². The molecule has 0 aliphatic heterocycles. The molecule has 4 nitrogen and oxygen atoms in total. The zero-order chi connectivity index (χ0) is 41.4. The number of hydrogen-bond acceptors (Lipinski definition) is 1. The van der Waals surface area contributed by atoms with Crippen LogP contribution in [0.1, 0.15) is 0 Å². The summed E-state index contributed by atoms with van der Waals surface area (Å²) in [5.74, 6) is 0. The van der Waals surface area contributed by atoms with E-state index in [-0.39, 0.29) is 0 Å². The van der Waals surface area contributed by atoms with E-state index in [1.807, 2.05) is 0 Å². The van der Waals surface area contributed by atoms with Gasteiger partial charge in [0.05, 0.1) is 33.3 Å². The summed E-state index contributed by atoms with van der Waals surface area (Å²) in [6.07, 6.45) is 0. The lowest BCUT2D eigenvalue weighted by Gasteiger charge is -2.18. The fourth-order valence-corrected chi connectivity index (χ4v) is 10.1. The van der Waals surface area contributed by atoms with E-state index in [1.54, 1.807) is 0 Å². The maximum absolute atomic E-state index is 5.56. The summed E-state index contributed by atoms with van der Waals surface area (Å²) < 4.78 is 7.07. The largest absolute Gasteiger partial charge is 0.309 e. The normalized spacial score (nSPS) is 11.8. The molecule has 0 bridgehead atoms. The Balaban J connectivity index is 1.20. The van der Waals surface area contributed by atoms with Gasteiger partial charge < -0.3 is 9.13 Å². The number of hydrogen-bond donors (Lipinski definition) is 0. The molecule has 10 aromatic carbocycles. The van der Waals surface area contributed by atoms with Crippen molar-refractivity contribution in [3.63, 3.8) is 0 Å². The Morgan fingerprint density at radius 3 is 1.29 bits per heavy atom. The third kappa shape index (κ3) is 5.45. The summed E-state index contributed by atoms with van der Waals surface area (Å²) in [6, 6.07) is 83.4. The van der Waals surface area contributed by atoms with Crippen molar-refractivity contribution in [2.24, 2.45) is 0 Å². The first-order valence-electron chi connectivity index (χ1n) is 21.6. The highest BCUT2D eigenvalue weighted by Gasteiger charge is 2.24. The van der Waals surface area contributed by atoms with E-state index in [0.717, 1.165) is 72.2 Å². The van der Waals surface area contributed by atoms with E-state index >= 15 is 0 Å². The number of rotatable bonds is 6. The number of para-hydroxylation sites is 5. The summed E-state index contributed by atoms with van der Waals surface area (Å²) in [5, 5.41) is 13.9. The Hall–Kier alpha value is -8.47. The Morgan fingerprint density at radius 1 is 0.302 bits per heavy atom. The second kappa shape index (κ2) is 14.1. The molecule has 63 heavy (non-hydrogen) atoms. The highest BCUT2D eigenvalue weighted by molar-refractivity contribution is 6.21. The average Bonchev–Trinajstić information content (AvgIpc) is 4.03. The zero-order valence-electron chi connectivity index (χ0n) is 34.2. The van der Waals surface area contributed by atoms with Gasteiger partial charge in [0.25, 0.3) is 0 Å². The smallest absolute Gasteiger partial charge is 0.101 e. The van der Waals surface area contributed by atoms with Crippen molar-refractivity contribution >= 4 is 65.3 Å². The van der Waals surface area contributed by atoms with Gasteiger partial charge in [0.15, 0.2) is 0 Å². The van der Waals surface area contributed by atoms with Crippen LogP contribution in [0.3, 0.4) is 0 Å². The van der Waals surface area contributed by atoms with Crippen molar-refractivity contribution < 1.29 is 0 Å². The van der Waals surface area contributed by atoms with Gasteiger partial charge in [-0.1, -0.05) is 170 Å². The molecule has 0 aliphatic carbocycles. The molecule has 0 N–H and O–H groups in total. The molecule has 0 amide bonds. The maximum Gasteiger partial charge on any atom is 0.101 e. The highest BCUT2D eigenvalue weighted by Crippen LogP contribution is 2.46. The van der Waals surface area contributed by atoms with Crippen LogP contribution < -0.4 is 0 Å². The minimum absolute atomic E-state index is 0.954. The summed E-state index contributed by atoms with van der Waals surface area (Å²) in [5.41, 5.74) is 15.6. The van der Waals surface area contributed by atoms with Crippen LogP contribution in [0.15, 0.2) is 231 Å². The topological polar surface area (TPSA) is 27.7 Å². The molecule has 0 aliphatic rings. The minimum atomic E-state index is 0.954. The number of fused-ring (bicyclic) bond motifs is 9. The first kappa shape index (κ1) is 35.3. The number of benzene rings is 10. The number of nitrogens with zero attached hydrogens (tertiary/aromatic N) is 4. The molecular formula is C59H38N4. The quantitative estimate of drug-likeness (QED) is 0.165. The Kier molecular flexibility index (Phi) is 7.87. The fraction of sp³-hybridized carbons (Fsp3) is 0. The monoisotopic (exact) mass is 802 g/mol. The number of aromatic nitrogens is 4. The molecule has 13 rings (SSSR count). The van der Waals surface area contributed by atoms with Crippen LogP contribution >= 0.6 is 0 Å². The van der Waals surface area contributed by atoms with Crippen molar-refractivity contribution in [2.75, 3.05) is 0 Å². The van der Waals surface area contributed by atoms with Gasteiger partial charge in [0, 0.05) is 49.3 Å². The van der Waals surface area contributed by atoms with Gasteiger partial charge >= 0.3 is 0 Å². The van der Waals surface area contributed by atoms with Crippen molar-refractivity contribution in [1.82, 2.24) is 18.9 Å². The molecule has 0 spiro atoms. The molecule has 4 heteroatoms. The van der Waals surface area contributed by atoms with E-state index in [9.17, 15) is 0 Å². The van der Waals surface area contributed by atoms with Gasteiger partial charge in [-0.05, 0) is 88.3 Å². The summed E-state index contributed by atoms with van der Waals surface area (Å²) in [6.45, 7) is 0. The molecule has 0 saturated heterocycles. The third-order valence-corrected chi connectivity index (χ3v) is 12.8. The third-order valence-electron chi connectivity index (χ3n) is 12.8. The predicted molar refractivity (Wildman–Crippen MR) is 264 cm³/mol. The Morgan fingerprint density at radius 2 is 0.762 bits per heavy atom. The molecule has 0 saturated carbocycles. The van der Waals surface area contributed by atoms with Gasteiger partial charge in [0.2, 0.25) is 0 Å². The molecule has 0 unspecified atom stereocenters. The molecular weight excluding hydrogens is 765 g/mol. The van der Waals surface area contributed by atoms with E-state index in [1.165, 1.54) is 43.6 Å². The molecule has 294 valence electrons. The molecule has 3 heterocycles. The van der Waals surface area contributed by atoms with Crippen LogP contribution in [0.4, 0.5) is 0 Å².